The second-order valence-electron chi connectivity index (χ2n) is 5.81. The van der Waals surface area contributed by atoms with Crippen molar-refractivity contribution in [3.63, 3.8) is 0 Å². The zero-order valence-electron chi connectivity index (χ0n) is 13.5. The highest BCUT2D eigenvalue weighted by Crippen LogP contribution is 2.19. The SMILES string of the molecule is CC(=O)N1CCN(C(=O)C(=O)Nc2ccc3ccccc3c2)CC1. The summed E-state index contributed by atoms with van der Waals surface area (Å²) < 4.78 is 0. The molecule has 3 rings (SSSR count). The van der Waals surface area contributed by atoms with E-state index in [4.69, 9.17) is 0 Å². The van der Waals surface area contributed by atoms with Crippen LogP contribution >= 0.6 is 0 Å². The number of fused-ring (bicyclic) bond motifs is 1. The van der Waals surface area contributed by atoms with Crippen LogP contribution in [0, 0.1) is 0 Å². The highest BCUT2D eigenvalue weighted by Gasteiger charge is 2.26. The number of anilines is 1. The van der Waals surface area contributed by atoms with Gasteiger partial charge in [0, 0.05) is 38.8 Å². The van der Waals surface area contributed by atoms with Crippen LogP contribution in [0.1, 0.15) is 6.92 Å². The van der Waals surface area contributed by atoms with Gasteiger partial charge in [0.25, 0.3) is 0 Å². The molecule has 6 nitrogen and oxygen atoms in total. The molecule has 1 N–H and O–H groups in total. The predicted octanol–water partition coefficient (Wildman–Crippen LogP) is 1.47. The van der Waals surface area contributed by atoms with Crippen LogP contribution in [0.25, 0.3) is 10.8 Å². The van der Waals surface area contributed by atoms with Gasteiger partial charge in [0.2, 0.25) is 5.91 Å². The van der Waals surface area contributed by atoms with E-state index in [1.165, 1.54) is 11.8 Å². The fourth-order valence-electron chi connectivity index (χ4n) is 2.82. The smallest absolute Gasteiger partial charge is 0.313 e. The van der Waals surface area contributed by atoms with Crippen molar-refractivity contribution in [3.8, 4) is 0 Å². The van der Waals surface area contributed by atoms with Crippen molar-refractivity contribution < 1.29 is 14.4 Å². The topological polar surface area (TPSA) is 69.7 Å². The highest BCUT2D eigenvalue weighted by atomic mass is 16.2. The third kappa shape index (κ3) is 3.37. The van der Waals surface area contributed by atoms with Crippen LogP contribution in [-0.2, 0) is 14.4 Å². The Kier molecular flexibility index (Phi) is 4.46. The minimum Gasteiger partial charge on any atom is -0.339 e. The summed E-state index contributed by atoms with van der Waals surface area (Å²) in [6, 6.07) is 13.3. The lowest BCUT2D eigenvalue weighted by atomic mass is 10.1. The van der Waals surface area contributed by atoms with E-state index >= 15 is 0 Å². The quantitative estimate of drug-likeness (QED) is 0.807. The first-order valence-electron chi connectivity index (χ1n) is 7.89. The maximum absolute atomic E-state index is 12.3. The summed E-state index contributed by atoms with van der Waals surface area (Å²) in [7, 11) is 0. The van der Waals surface area contributed by atoms with Crippen molar-refractivity contribution >= 4 is 34.2 Å². The molecule has 0 aromatic heterocycles. The number of carbonyl (C=O) groups is 3. The second kappa shape index (κ2) is 6.70. The molecule has 0 atom stereocenters. The number of hydrogen-bond acceptors (Lipinski definition) is 3. The summed E-state index contributed by atoms with van der Waals surface area (Å²) in [5, 5.41) is 4.72. The largest absolute Gasteiger partial charge is 0.339 e. The molecule has 2 aromatic rings. The molecular formula is C18H19N3O3. The molecule has 0 aliphatic carbocycles. The lowest BCUT2D eigenvalue weighted by Crippen LogP contribution is -2.52. The van der Waals surface area contributed by atoms with Gasteiger partial charge in [-0.25, -0.2) is 0 Å². The molecule has 0 bridgehead atoms. The normalized spacial score (nSPS) is 14.5. The van der Waals surface area contributed by atoms with Crippen LogP contribution in [0.5, 0.6) is 0 Å². The molecule has 24 heavy (non-hydrogen) atoms. The Morgan fingerprint density at radius 2 is 1.50 bits per heavy atom. The van der Waals surface area contributed by atoms with E-state index in [9.17, 15) is 14.4 Å². The van der Waals surface area contributed by atoms with Crippen molar-refractivity contribution in [1.29, 1.82) is 0 Å². The first-order valence-corrected chi connectivity index (χ1v) is 7.89. The minimum atomic E-state index is -0.651. The van der Waals surface area contributed by atoms with Crippen molar-refractivity contribution in [1.82, 2.24) is 9.80 Å². The molecule has 0 radical (unpaired) electrons. The van der Waals surface area contributed by atoms with Crippen molar-refractivity contribution in [3.05, 3.63) is 42.5 Å². The van der Waals surface area contributed by atoms with E-state index in [2.05, 4.69) is 5.32 Å². The lowest BCUT2D eigenvalue weighted by Gasteiger charge is -2.33. The zero-order chi connectivity index (χ0) is 17.1. The van der Waals surface area contributed by atoms with Crippen LogP contribution in [0.3, 0.4) is 0 Å². The molecule has 1 aliphatic heterocycles. The highest BCUT2D eigenvalue weighted by molar-refractivity contribution is 6.39. The van der Waals surface area contributed by atoms with Gasteiger partial charge in [0.15, 0.2) is 0 Å². The number of nitrogens with zero attached hydrogens (tertiary/aromatic N) is 2. The van der Waals surface area contributed by atoms with Crippen molar-refractivity contribution in [2.24, 2.45) is 0 Å². The molecule has 0 saturated carbocycles. The van der Waals surface area contributed by atoms with Crippen LogP contribution in [-0.4, -0.2) is 53.7 Å². The van der Waals surface area contributed by atoms with Gasteiger partial charge >= 0.3 is 11.8 Å². The molecule has 6 heteroatoms. The van der Waals surface area contributed by atoms with Crippen LogP contribution in [0.15, 0.2) is 42.5 Å². The van der Waals surface area contributed by atoms with Crippen molar-refractivity contribution in [2.75, 3.05) is 31.5 Å². The fourth-order valence-corrected chi connectivity index (χ4v) is 2.82. The average molecular weight is 325 g/mol. The molecule has 124 valence electrons. The molecule has 1 aliphatic rings. The molecule has 1 saturated heterocycles. The number of nitrogens with one attached hydrogen (secondary N) is 1. The van der Waals surface area contributed by atoms with Gasteiger partial charge in [0.1, 0.15) is 0 Å². The maximum atomic E-state index is 12.3. The van der Waals surface area contributed by atoms with Gasteiger partial charge in [-0.2, -0.15) is 0 Å². The van der Waals surface area contributed by atoms with Crippen LogP contribution in [0.2, 0.25) is 0 Å². The average Bonchev–Trinajstić information content (AvgIpc) is 2.61. The third-order valence-electron chi connectivity index (χ3n) is 4.21. The van der Waals surface area contributed by atoms with Gasteiger partial charge in [-0.05, 0) is 22.9 Å². The Bertz CT molecular complexity index is 795. The van der Waals surface area contributed by atoms with Crippen LogP contribution in [0.4, 0.5) is 5.69 Å². The van der Waals surface area contributed by atoms with Crippen molar-refractivity contribution in [2.45, 2.75) is 6.92 Å². The Labute approximate surface area is 140 Å². The number of benzene rings is 2. The molecule has 1 heterocycles. The predicted molar refractivity (Wildman–Crippen MR) is 91.4 cm³/mol. The Balaban J connectivity index is 1.63. The molecule has 3 amide bonds. The van der Waals surface area contributed by atoms with E-state index in [-0.39, 0.29) is 5.91 Å². The monoisotopic (exact) mass is 325 g/mol. The first kappa shape index (κ1) is 16.0. The van der Waals surface area contributed by atoms with E-state index < -0.39 is 11.8 Å². The number of piperazine rings is 1. The van der Waals surface area contributed by atoms with E-state index in [1.54, 1.807) is 11.0 Å². The summed E-state index contributed by atoms with van der Waals surface area (Å²) in [6.07, 6.45) is 0. The van der Waals surface area contributed by atoms with Gasteiger partial charge in [-0.1, -0.05) is 30.3 Å². The number of amides is 3. The number of carbonyl (C=O) groups excluding carboxylic acids is 3. The Hall–Kier alpha value is -2.89. The summed E-state index contributed by atoms with van der Waals surface area (Å²) >= 11 is 0. The Morgan fingerprint density at radius 1 is 0.875 bits per heavy atom. The standard InChI is InChI=1S/C18H19N3O3/c1-13(22)20-8-10-21(11-9-20)18(24)17(23)19-16-7-6-14-4-2-3-5-15(14)12-16/h2-7,12H,8-11H2,1H3,(H,19,23). The molecule has 1 fully saturated rings. The summed E-state index contributed by atoms with van der Waals surface area (Å²) in [5.74, 6) is -1.23. The number of rotatable bonds is 1. The lowest BCUT2D eigenvalue weighted by molar-refractivity contribution is -0.145. The van der Waals surface area contributed by atoms with Gasteiger partial charge < -0.3 is 15.1 Å². The number of hydrogen-bond donors (Lipinski definition) is 1. The zero-order valence-corrected chi connectivity index (χ0v) is 13.5. The molecule has 0 spiro atoms. The summed E-state index contributed by atoms with van der Waals surface area (Å²) in [5.41, 5.74) is 0.592. The second-order valence-corrected chi connectivity index (χ2v) is 5.81. The van der Waals surface area contributed by atoms with E-state index in [0.29, 0.717) is 31.9 Å². The fraction of sp³-hybridized carbons (Fsp3) is 0.278. The van der Waals surface area contributed by atoms with Crippen LogP contribution < -0.4 is 5.32 Å². The first-order chi connectivity index (χ1) is 11.5. The Morgan fingerprint density at radius 3 is 2.17 bits per heavy atom. The minimum absolute atomic E-state index is 0.0114. The third-order valence-corrected chi connectivity index (χ3v) is 4.21. The summed E-state index contributed by atoms with van der Waals surface area (Å²) in [6.45, 7) is 3.19. The van der Waals surface area contributed by atoms with E-state index in [0.717, 1.165) is 10.8 Å². The maximum Gasteiger partial charge on any atom is 0.313 e. The van der Waals surface area contributed by atoms with Gasteiger partial charge in [-0.3, -0.25) is 14.4 Å². The van der Waals surface area contributed by atoms with Gasteiger partial charge in [-0.15, -0.1) is 0 Å². The molecule has 2 aromatic carbocycles. The molecular weight excluding hydrogens is 306 g/mol. The van der Waals surface area contributed by atoms with E-state index in [1.807, 2.05) is 36.4 Å². The van der Waals surface area contributed by atoms with Gasteiger partial charge in [0.05, 0.1) is 0 Å². The molecule has 0 unspecified atom stereocenters. The summed E-state index contributed by atoms with van der Waals surface area (Å²) in [4.78, 5) is 38.9.